The molecule has 4 nitrogen and oxygen atoms in total. The fourth-order valence-electron chi connectivity index (χ4n) is 15.7. The zero-order valence-electron chi connectivity index (χ0n) is 58.7. The molecule has 0 fully saturated rings. The maximum atomic E-state index is 2.38. The van der Waals surface area contributed by atoms with E-state index in [1.54, 1.807) is 0 Å². The van der Waals surface area contributed by atoms with Gasteiger partial charge in [-0.15, -0.1) is 0 Å². The van der Waals surface area contributed by atoms with Gasteiger partial charge in [0.1, 0.15) is 0 Å². The number of fused-ring (bicyclic) bond motifs is 12. The van der Waals surface area contributed by atoms with E-state index in [0.717, 1.165) is 0 Å². The smallest absolute Gasteiger partial charge is 0.0570 e. The molecule has 20 aromatic rings. The lowest BCUT2D eigenvalue weighted by atomic mass is 9.98. The summed E-state index contributed by atoms with van der Waals surface area (Å²) < 4.78 is 9.51. The van der Waals surface area contributed by atoms with Crippen molar-refractivity contribution < 1.29 is 0 Å². The third-order valence-corrected chi connectivity index (χ3v) is 20.3. The second kappa shape index (κ2) is 28.0. The van der Waals surface area contributed by atoms with Crippen LogP contribution in [0.2, 0.25) is 0 Å². The summed E-state index contributed by atoms with van der Waals surface area (Å²) in [4.78, 5) is 0. The molecule has 0 aliphatic heterocycles. The predicted molar refractivity (Wildman–Crippen MR) is 444 cm³/mol. The molecule has 4 heterocycles. The topological polar surface area (TPSA) is 19.7 Å². The molecule has 0 radical (unpaired) electrons. The maximum Gasteiger partial charge on any atom is 0.0570 e. The van der Waals surface area contributed by atoms with Crippen LogP contribution in [0.4, 0.5) is 0 Å². The van der Waals surface area contributed by atoms with E-state index in [1.807, 2.05) is 0 Å². The van der Waals surface area contributed by atoms with Crippen LogP contribution in [0.25, 0.3) is 154 Å². The van der Waals surface area contributed by atoms with Crippen molar-refractivity contribution in [2.24, 2.45) is 0 Å². The van der Waals surface area contributed by atoms with Gasteiger partial charge < -0.3 is 18.3 Å². The van der Waals surface area contributed by atoms with E-state index in [9.17, 15) is 0 Å². The zero-order valence-corrected chi connectivity index (χ0v) is 58.7. The number of benzene rings is 16. The number of rotatable bonds is 8. The Morgan fingerprint density at radius 2 is 0.529 bits per heavy atom. The molecule has 4 heteroatoms. The normalized spacial score (nSPS) is 11.3. The molecular weight excluding hydrogens is 1260 g/mol. The van der Waals surface area contributed by atoms with E-state index in [2.05, 4.69) is 434 Å². The number of para-hydroxylation sites is 5. The van der Waals surface area contributed by atoms with Crippen LogP contribution in [0.5, 0.6) is 0 Å². The van der Waals surface area contributed by atoms with Crippen molar-refractivity contribution in [3.8, 4) is 67.3 Å². The van der Waals surface area contributed by atoms with Crippen LogP contribution in [0, 0.1) is 27.7 Å². The Morgan fingerprint density at radius 3 is 1.04 bits per heavy atom. The average molecular weight is 1330 g/mol. The first-order chi connectivity index (χ1) is 51.3. The van der Waals surface area contributed by atoms with Gasteiger partial charge in [0.15, 0.2) is 0 Å². The molecule has 0 atom stereocenters. The van der Waals surface area contributed by atoms with Crippen molar-refractivity contribution in [3.63, 3.8) is 0 Å². The molecule has 0 saturated carbocycles. The van der Waals surface area contributed by atoms with Crippen LogP contribution in [0.15, 0.2) is 388 Å². The average Bonchev–Trinajstić information content (AvgIpc) is 1.60. The Labute approximate surface area is 607 Å². The summed E-state index contributed by atoms with van der Waals surface area (Å²) in [6, 6.07) is 138. The second-order valence-electron chi connectivity index (χ2n) is 27.0. The predicted octanol–water partition coefficient (Wildman–Crippen LogP) is 27.0. The Morgan fingerprint density at radius 1 is 0.173 bits per heavy atom. The number of hydrogen-bond donors (Lipinski definition) is 0. The van der Waals surface area contributed by atoms with Crippen LogP contribution in [0.1, 0.15) is 22.3 Å². The first-order valence-corrected chi connectivity index (χ1v) is 35.9. The molecular formula is C100H76N4. The molecule has 104 heavy (non-hydrogen) atoms. The van der Waals surface area contributed by atoms with Gasteiger partial charge in [-0.05, 0) is 198 Å². The molecule has 0 spiro atoms. The highest BCUT2D eigenvalue weighted by atomic mass is 15.0. The van der Waals surface area contributed by atoms with Crippen LogP contribution >= 0.6 is 0 Å². The van der Waals surface area contributed by atoms with E-state index in [-0.39, 0.29) is 0 Å². The van der Waals surface area contributed by atoms with E-state index < -0.39 is 0 Å². The van der Waals surface area contributed by atoms with Gasteiger partial charge >= 0.3 is 0 Å². The minimum atomic E-state index is 1.20. The van der Waals surface area contributed by atoms with Crippen LogP contribution in [-0.4, -0.2) is 18.3 Å². The molecule has 496 valence electrons. The second-order valence-corrected chi connectivity index (χ2v) is 27.0. The van der Waals surface area contributed by atoms with Crippen LogP contribution < -0.4 is 0 Å². The highest BCUT2D eigenvalue weighted by Crippen LogP contribution is 2.44. The third kappa shape index (κ3) is 11.9. The fraction of sp³-hybridized carbons (Fsp3) is 0.0400. The van der Waals surface area contributed by atoms with E-state index in [4.69, 9.17) is 0 Å². The van der Waals surface area contributed by atoms with Crippen molar-refractivity contribution in [1.29, 1.82) is 0 Å². The zero-order chi connectivity index (χ0) is 70.0. The standard InChI is InChI=1S/4C25H19N/c1-18-10-8-16-22-24(18)25-21(19-11-4-2-5-12-19)15-9-17-23(25)26(22)20-13-6-3-7-14-20;1-18-16-20(19-10-4-2-5-11-19)17-23-22-14-8-9-15-24(22)26(25(18)23)21-12-6-3-7-13-21;1-18-15-16-23-22(17-18)25-21(19-9-4-2-5-10-19)13-8-14-24(25)26(23)20-11-6-3-7-12-20;1-18-15-16-22-24(17-18)26(20-11-6-3-7-12-20)23-14-8-13-21(25(22)23)19-9-4-2-5-10-19/h4*2-17H,1H3. The van der Waals surface area contributed by atoms with Gasteiger partial charge in [0.25, 0.3) is 0 Å². The van der Waals surface area contributed by atoms with Crippen molar-refractivity contribution in [1.82, 2.24) is 18.3 Å². The highest BCUT2D eigenvalue weighted by molar-refractivity contribution is 6.19. The summed E-state index contributed by atoms with van der Waals surface area (Å²) in [6.45, 7) is 8.74. The first kappa shape index (κ1) is 64.1. The molecule has 16 aromatic carbocycles. The summed E-state index contributed by atoms with van der Waals surface area (Å²) in [5, 5.41) is 10.5. The van der Waals surface area contributed by atoms with Crippen LogP contribution in [-0.2, 0) is 0 Å². The molecule has 0 aliphatic carbocycles. The van der Waals surface area contributed by atoms with Gasteiger partial charge in [-0.25, -0.2) is 0 Å². The SMILES string of the molecule is Cc1cc(-c2ccccc2)cc2c3ccccc3n(-c3ccccc3)c12.Cc1ccc2c(c1)c1c(-c3ccccc3)cccc1n2-c1ccccc1.Cc1ccc2c3c(-c4ccccc4)cccc3n(-c3ccccc3)c2c1.Cc1cccc2c1c1c(-c3ccccc3)cccc1n2-c1ccccc1. The summed E-state index contributed by atoms with van der Waals surface area (Å²) in [7, 11) is 0. The molecule has 0 N–H and O–H groups in total. The Balaban J connectivity index is 0.000000103. The third-order valence-electron chi connectivity index (χ3n) is 20.3. The minimum absolute atomic E-state index is 1.20. The van der Waals surface area contributed by atoms with Crippen LogP contribution in [0.3, 0.4) is 0 Å². The summed E-state index contributed by atoms with van der Waals surface area (Å²) in [5.74, 6) is 0. The van der Waals surface area contributed by atoms with E-state index in [1.165, 1.54) is 177 Å². The van der Waals surface area contributed by atoms with Gasteiger partial charge in [0, 0.05) is 65.8 Å². The molecule has 0 amide bonds. The molecule has 0 saturated heterocycles. The van der Waals surface area contributed by atoms with Gasteiger partial charge in [0.2, 0.25) is 0 Å². The van der Waals surface area contributed by atoms with Crippen molar-refractivity contribution >= 4 is 87.2 Å². The number of aromatic nitrogens is 4. The lowest BCUT2D eigenvalue weighted by Gasteiger charge is -2.11. The van der Waals surface area contributed by atoms with E-state index in [0.29, 0.717) is 0 Å². The first-order valence-electron chi connectivity index (χ1n) is 35.9. The lowest BCUT2D eigenvalue weighted by molar-refractivity contribution is 1.17. The monoisotopic (exact) mass is 1330 g/mol. The molecule has 20 rings (SSSR count). The molecule has 0 aliphatic rings. The number of hydrogen-bond acceptors (Lipinski definition) is 0. The molecule has 0 bridgehead atoms. The van der Waals surface area contributed by atoms with Gasteiger partial charge in [-0.3, -0.25) is 0 Å². The minimum Gasteiger partial charge on any atom is -0.309 e. The van der Waals surface area contributed by atoms with Crippen molar-refractivity contribution in [3.05, 3.63) is 411 Å². The number of nitrogens with zero attached hydrogens (tertiary/aromatic N) is 4. The highest BCUT2D eigenvalue weighted by Gasteiger charge is 2.21. The molecule has 0 unspecified atom stereocenters. The van der Waals surface area contributed by atoms with Crippen molar-refractivity contribution in [2.75, 3.05) is 0 Å². The Kier molecular flexibility index (Phi) is 17.3. The summed E-state index contributed by atoms with van der Waals surface area (Å²) in [6.07, 6.45) is 0. The van der Waals surface area contributed by atoms with Crippen molar-refractivity contribution in [2.45, 2.75) is 27.7 Å². The van der Waals surface area contributed by atoms with E-state index >= 15 is 0 Å². The van der Waals surface area contributed by atoms with Gasteiger partial charge in [0.05, 0.1) is 44.1 Å². The number of aryl methyl sites for hydroxylation is 4. The quantitative estimate of drug-likeness (QED) is 0.144. The van der Waals surface area contributed by atoms with Gasteiger partial charge in [-0.2, -0.15) is 0 Å². The molecule has 4 aromatic heterocycles. The summed E-state index contributed by atoms with van der Waals surface area (Å²) >= 11 is 0. The Bertz CT molecular complexity index is 6400. The Hall–Kier alpha value is -13.3. The fourth-order valence-corrected chi connectivity index (χ4v) is 15.7. The summed E-state index contributed by atoms with van der Waals surface area (Å²) in [5.41, 5.74) is 30.2. The lowest BCUT2D eigenvalue weighted by Crippen LogP contribution is -1.95. The van der Waals surface area contributed by atoms with Gasteiger partial charge in [-0.1, -0.05) is 285 Å². The maximum absolute atomic E-state index is 2.38. The largest absolute Gasteiger partial charge is 0.309 e.